The van der Waals surface area contributed by atoms with Crippen molar-refractivity contribution in [2.24, 2.45) is 0 Å². The van der Waals surface area contributed by atoms with E-state index >= 15 is 0 Å². The van der Waals surface area contributed by atoms with Crippen molar-refractivity contribution in [3.63, 3.8) is 0 Å². The number of nitrogens with zero attached hydrogens (tertiary/aromatic N) is 3. The van der Waals surface area contributed by atoms with Crippen LogP contribution in [0.3, 0.4) is 0 Å². The maximum absolute atomic E-state index is 4.14. The maximum atomic E-state index is 4.14. The number of para-hydroxylation sites is 1. The summed E-state index contributed by atoms with van der Waals surface area (Å²) in [6.45, 7) is 1.88. The van der Waals surface area contributed by atoms with Gasteiger partial charge < -0.3 is 5.32 Å². The first kappa shape index (κ1) is 10.6. The molecular formula is C10H13BrN4. The molecule has 4 nitrogen and oxygen atoms in total. The highest BCUT2D eigenvalue weighted by atomic mass is 79.9. The molecule has 1 aromatic carbocycles. The fourth-order valence-electron chi connectivity index (χ4n) is 1.55. The Labute approximate surface area is 96.8 Å². The zero-order chi connectivity index (χ0) is 10.7. The Morgan fingerprint density at radius 2 is 2.33 bits per heavy atom. The van der Waals surface area contributed by atoms with Gasteiger partial charge in [0.25, 0.3) is 0 Å². The molecule has 0 saturated heterocycles. The molecule has 0 fully saturated rings. The molecule has 0 aliphatic carbocycles. The zero-order valence-electron chi connectivity index (χ0n) is 8.57. The van der Waals surface area contributed by atoms with E-state index in [1.807, 2.05) is 29.9 Å². The molecule has 0 aliphatic heterocycles. The Bertz CT molecular complexity index is 452. The largest absolute Gasteiger partial charge is 0.320 e. The van der Waals surface area contributed by atoms with Crippen molar-refractivity contribution in [2.45, 2.75) is 13.0 Å². The summed E-state index contributed by atoms with van der Waals surface area (Å²) < 4.78 is 2.99. The van der Waals surface area contributed by atoms with E-state index in [1.54, 1.807) is 0 Å². The third-order valence-electron chi connectivity index (χ3n) is 2.28. The van der Waals surface area contributed by atoms with Crippen molar-refractivity contribution in [2.75, 3.05) is 13.6 Å². The predicted molar refractivity (Wildman–Crippen MR) is 63.8 cm³/mol. The number of hydrogen-bond acceptors (Lipinski definition) is 3. The minimum absolute atomic E-state index is 0.889. The molecule has 0 amide bonds. The number of aryl methyl sites for hydroxylation is 1. The van der Waals surface area contributed by atoms with Gasteiger partial charge in [0.1, 0.15) is 11.0 Å². The van der Waals surface area contributed by atoms with Gasteiger partial charge >= 0.3 is 0 Å². The molecule has 1 heterocycles. The first-order valence-electron chi connectivity index (χ1n) is 4.95. The molecule has 1 N–H and O–H groups in total. The van der Waals surface area contributed by atoms with Crippen molar-refractivity contribution in [3.05, 3.63) is 22.7 Å². The molecular weight excluding hydrogens is 256 g/mol. The van der Waals surface area contributed by atoms with E-state index in [-0.39, 0.29) is 0 Å². The van der Waals surface area contributed by atoms with Gasteiger partial charge in [-0.15, -0.1) is 5.10 Å². The average Bonchev–Trinajstić information content (AvgIpc) is 2.63. The summed E-state index contributed by atoms with van der Waals surface area (Å²) >= 11 is 3.52. The first-order valence-corrected chi connectivity index (χ1v) is 5.74. The molecule has 0 saturated carbocycles. The van der Waals surface area contributed by atoms with Gasteiger partial charge in [-0.05, 0) is 48.1 Å². The third kappa shape index (κ3) is 2.18. The van der Waals surface area contributed by atoms with Gasteiger partial charge in [0, 0.05) is 11.0 Å². The van der Waals surface area contributed by atoms with Gasteiger partial charge in [0.05, 0.1) is 0 Å². The lowest BCUT2D eigenvalue weighted by Crippen LogP contribution is -2.11. The number of fused-ring (bicyclic) bond motifs is 1. The zero-order valence-corrected chi connectivity index (χ0v) is 10.2. The molecule has 2 aromatic rings. The lowest BCUT2D eigenvalue weighted by atomic mass is 10.3. The van der Waals surface area contributed by atoms with Crippen molar-refractivity contribution in [1.82, 2.24) is 20.3 Å². The Kier molecular flexibility index (Phi) is 3.33. The Balaban J connectivity index is 2.27. The van der Waals surface area contributed by atoms with E-state index < -0.39 is 0 Å². The van der Waals surface area contributed by atoms with E-state index in [9.17, 15) is 0 Å². The van der Waals surface area contributed by atoms with Crippen molar-refractivity contribution in [3.8, 4) is 0 Å². The quantitative estimate of drug-likeness (QED) is 0.861. The molecule has 15 heavy (non-hydrogen) atoms. The van der Waals surface area contributed by atoms with Gasteiger partial charge in [-0.25, -0.2) is 4.68 Å². The molecule has 2 rings (SSSR count). The van der Waals surface area contributed by atoms with E-state index in [1.165, 1.54) is 0 Å². The lowest BCUT2D eigenvalue weighted by molar-refractivity contribution is 0.558. The van der Waals surface area contributed by atoms with Crippen LogP contribution in [0.2, 0.25) is 0 Å². The first-order chi connectivity index (χ1) is 7.33. The summed E-state index contributed by atoms with van der Waals surface area (Å²) in [6, 6.07) is 5.96. The van der Waals surface area contributed by atoms with E-state index in [0.29, 0.717) is 0 Å². The van der Waals surface area contributed by atoms with Crippen LogP contribution in [0.25, 0.3) is 11.0 Å². The van der Waals surface area contributed by atoms with Gasteiger partial charge in [-0.2, -0.15) is 0 Å². The highest BCUT2D eigenvalue weighted by Gasteiger charge is 2.06. The van der Waals surface area contributed by atoms with E-state index in [0.717, 1.165) is 35.0 Å². The number of hydrogen-bond donors (Lipinski definition) is 1. The maximum Gasteiger partial charge on any atom is 0.114 e. The van der Waals surface area contributed by atoms with Gasteiger partial charge in [-0.3, -0.25) is 0 Å². The van der Waals surface area contributed by atoms with Crippen molar-refractivity contribution < 1.29 is 0 Å². The topological polar surface area (TPSA) is 42.7 Å². The Morgan fingerprint density at radius 1 is 1.47 bits per heavy atom. The van der Waals surface area contributed by atoms with Gasteiger partial charge in [0.15, 0.2) is 0 Å². The monoisotopic (exact) mass is 268 g/mol. The molecule has 0 aliphatic rings. The normalized spacial score (nSPS) is 11.1. The van der Waals surface area contributed by atoms with Crippen LogP contribution in [0.1, 0.15) is 6.42 Å². The molecule has 0 atom stereocenters. The Hall–Kier alpha value is -0.940. The number of aromatic nitrogens is 3. The smallest absolute Gasteiger partial charge is 0.114 e. The minimum Gasteiger partial charge on any atom is -0.320 e. The van der Waals surface area contributed by atoms with Crippen LogP contribution in [-0.4, -0.2) is 28.6 Å². The second-order valence-electron chi connectivity index (χ2n) is 3.38. The molecule has 0 unspecified atom stereocenters. The highest BCUT2D eigenvalue weighted by Crippen LogP contribution is 2.21. The number of halogens is 1. The second kappa shape index (κ2) is 4.72. The molecule has 5 heteroatoms. The minimum atomic E-state index is 0.889. The summed E-state index contributed by atoms with van der Waals surface area (Å²) in [5.41, 5.74) is 2.02. The number of benzene rings is 1. The Morgan fingerprint density at radius 3 is 3.13 bits per heavy atom. The molecule has 0 spiro atoms. The van der Waals surface area contributed by atoms with Crippen LogP contribution in [0, 0.1) is 0 Å². The number of rotatable bonds is 4. The molecule has 80 valence electrons. The predicted octanol–water partition coefficient (Wildman–Crippen LogP) is 1.80. The second-order valence-corrected chi connectivity index (χ2v) is 4.23. The summed E-state index contributed by atoms with van der Waals surface area (Å²) in [6.07, 6.45) is 1.05. The summed E-state index contributed by atoms with van der Waals surface area (Å²) in [5, 5.41) is 11.4. The summed E-state index contributed by atoms with van der Waals surface area (Å²) in [7, 11) is 1.95. The van der Waals surface area contributed by atoms with Crippen LogP contribution in [0.15, 0.2) is 22.7 Å². The van der Waals surface area contributed by atoms with Gasteiger partial charge in [-0.1, -0.05) is 11.3 Å². The van der Waals surface area contributed by atoms with Crippen LogP contribution in [-0.2, 0) is 6.54 Å². The fraction of sp³-hybridized carbons (Fsp3) is 0.400. The molecule has 0 bridgehead atoms. The van der Waals surface area contributed by atoms with Crippen LogP contribution < -0.4 is 5.32 Å². The fourth-order valence-corrected chi connectivity index (χ4v) is 2.11. The third-order valence-corrected chi connectivity index (χ3v) is 2.92. The molecule has 0 radical (unpaired) electrons. The standard InChI is InChI=1S/C10H13BrN4/c1-12-6-3-7-15-10-8(11)4-2-5-9(10)13-14-15/h2,4-5,12H,3,6-7H2,1H3. The van der Waals surface area contributed by atoms with Gasteiger partial charge in [0.2, 0.25) is 0 Å². The van der Waals surface area contributed by atoms with E-state index in [2.05, 4.69) is 31.6 Å². The average molecular weight is 269 g/mol. The lowest BCUT2D eigenvalue weighted by Gasteiger charge is -2.02. The van der Waals surface area contributed by atoms with Crippen molar-refractivity contribution in [1.29, 1.82) is 0 Å². The highest BCUT2D eigenvalue weighted by molar-refractivity contribution is 9.10. The van der Waals surface area contributed by atoms with Crippen LogP contribution in [0.4, 0.5) is 0 Å². The van der Waals surface area contributed by atoms with Crippen LogP contribution in [0.5, 0.6) is 0 Å². The number of nitrogens with one attached hydrogen (secondary N) is 1. The summed E-state index contributed by atoms with van der Waals surface area (Å²) in [4.78, 5) is 0. The molecule has 1 aromatic heterocycles. The van der Waals surface area contributed by atoms with Crippen LogP contribution >= 0.6 is 15.9 Å². The van der Waals surface area contributed by atoms with Crippen molar-refractivity contribution >= 4 is 27.0 Å². The SMILES string of the molecule is CNCCCn1nnc2cccc(Br)c21. The van der Waals surface area contributed by atoms with E-state index in [4.69, 9.17) is 0 Å². The summed E-state index contributed by atoms with van der Waals surface area (Å²) in [5.74, 6) is 0.